The molecule has 1 heterocycles. The normalized spacial score (nSPS) is 52.1. The molecule has 1 aliphatic heterocycles. The fraction of sp³-hybridized carbons (Fsp3) is 1.00. The van der Waals surface area contributed by atoms with Gasteiger partial charge in [0.25, 0.3) is 0 Å². The molecule has 0 radical (unpaired) electrons. The minimum atomic E-state index is -2.99. The van der Waals surface area contributed by atoms with E-state index >= 15 is 0 Å². The smallest absolute Gasteiger partial charge is 0.214 e. The molecular weight excluding hydrogens is 198 g/mol. The van der Waals surface area contributed by atoms with Gasteiger partial charge in [-0.3, -0.25) is 0 Å². The number of hydrogen-bond acceptors (Lipinski definition) is 2. The highest BCUT2D eigenvalue weighted by Gasteiger charge is 2.70. The van der Waals surface area contributed by atoms with Gasteiger partial charge >= 0.3 is 0 Å². The van der Waals surface area contributed by atoms with E-state index in [-0.39, 0.29) is 16.1 Å². The Morgan fingerprint density at radius 3 is 2.64 bits per heavy atom. The van der Waals surface area contributed by atoms with Crippen molar-refractivity contribution in [2.45, 2.75) is 38.4 Å². The molecule has 14 heavy (non-hydrogen) atoms. The average Bonchev–Trinajstić information content (AvgIpc) is 2.60. The van der Waals surface area contributed by atoms with Crippen LogP contribution in [0.3, 0.4) is 0 Å². The number of sulfonamides is 1. The zero-order chi connectivity index (χ0) is 10.2. The molecule has 2 aliphatic carbocycles. The van der Waals surface area contributed by atoms with E-state index in [1.54, 1.807) is 0 Å². The van der Waals surface area contributed by atoms with Crippen molar-refractivity contribution in [3.63, 3.8) is 0 Å². The molecule has 1 saturated heterocycles. The molecule has 1 spiro atoms. The van der Waals surface area contributed by atoms with Gasteiger partial charge in [0.15, 0.2) is 0 Å². The molecule has 2 bridgehead atoms. The van der Waals surface area contributed by atoms with Gasteiger partial charge < -0.3 is 0 Å². The summed E-state index contributed by atoms with van der Waals surface area (Å²) in [5, 5.41) is -0.0938. The molecule has 3 fully saturated rings. The summed E-state index contributed by atoms with van der Waals surface area (Å²) in [5.74, 6) is 0.629. The van der Waals surface area contributed by atoms with Crippen molar-refractivity contribution in [2.24, 2.45) is 16.7 Å². The SMILES string of the molecule is CC1(C)C2CCC13CNS(=O)(=O)[C@@H]3C2. The van der Waals surface area contributed by atoms with Gasteiger partial charge in [-0.25, -0.2) is 13.1 Å². The van der Waals surface area contributed by atoms with Crippen LogP contribution in [0.1, 0.15) is 33.1 Å². The van der Waals surface area contributed by atoms with Crippen LogP contribution in [-0.2, 0) is 10.0 Å². The minimum absolute atomic E-state index is 0.0521. The monoisotopic (exact) mass is 215 g/mol. The number of hydrogen-bond donors (Lipinski definition) is 1. The van der Waals surface area contributed by atoms with Crippen LogP contribution in [0.15, 0.2) is 0 Å². The maximum Gasteiger partial charge on any atom is 0.215 e. The molecule has 0 aromatic heterocycles. The summed E-state index contributed by atoms with van der Waals surface area (Å²) in [4.78, 5) is 0. The van der Waals surface area contributed by atoms with Crippen molar-refractivity contribution >= 4 is 10.0 Å². The van der Waals surface area contributed by atoms with Gasteiger partial charge in [0.1, 0.15) is 0 Å². The van der Waals surface area contributed by atoms with E-state index in [4.69, 9.17) is 0 Å². The molecule has 2 unspecified atom stereocenters. The molecule has 80 valence electrons. The topological polar surface area (TPSA) is 46.2 Å². The molecule has 3 nitrogen and oxygen atoms in total. The highest BCUT2D eigenvalue weighted by molar-refractivity contribution is 7.90. The van der Waals surface area contributed by atoms with Crippen LogP contribution >= 0.6 is 0 Å². The number of nitrogens with one attached hydrogen (secondary N) is 1. The van der Waals surface area contributed by atoms with Gasteiger partial charge in [-0.2, -0.15) is 0 Å². The van der Waals surface area contributed by atoms with Crippen LogP contribution in [-0.4, -0.2) is 20.2 Å². The fourth-order valence-electron chi connectivity index (χ4n) is 4.18. The zero-order valence-corrected chi connectivity index (χ0v) is 9.52. The second kappa shape index (κ2) is 2.19. The quantitative estimate of drug-likeness (QED) is 0.658. The van der Waals surface area contributed by atoms with E-state index < -0.39 is 10.0 Å². The molecule has 2 saturated carbocycles. The van der Waals surface area contributed by atoms with Crippen LogP contribution in [0, 0.1) is 16.7 Å². The first-order valence-electron chi connectivity index (χ1n) is 5.39. The zero-order valence-electron chi connectivity index (χ0n) is 8.71. The molecule has 0 aromatic rings. The third-order valence-electron chi connectivity index (χ3n) is 5.32. The Hall–Kier alpha value is -0.0900. The molecule has 4 heteroatoms. The summed E-state index contributed by atoms with van der Waals surface area (Å²) < 4.78 is 26.4. The number of rotatable bonds is 0. The van der Waals surface area contributed by atoms with E-state index in [1.807, 2.05) is 0 Å². The average molecular weight is 215 g/mol. The molecule has 1 N–H and O–H groups in total. The Morgan fingerprint density at radius 1 is 1.36 bits per heavy atom. The minimum Gasteiger partial charge on any atom is -0.214 e. The predicted octanol–water partition coefficient (Wildman–Crippen LogP) is 1.11. The van der Waals surface area contributed by atoms with E-state index in [0.29, 0.717) is 12.5 Å². The molecule has 3 aliphatic rings. The van der Waals surface area contributed by atoms with Crippen LogP contribution in [0.4, 0.5) is 0 Å². The highest BCUT2D eigenvalue weighted by atomic mass is 32.2. The summed E-state index contributed by atoms with van der Waals surface area (Å²) in [6.07, 6.45) is 3.21. The summed E-state index contributed by atoms with van der Waals surface area (Å²) in [6, 6.07) is 0. The molecule has 3 atom stereocenters. The third-order valence-corrected chi connectivity index (χ3v) is 7.26. The Balaban J connectivity index is 2.17. The summed E-state index contributed by atoms with van der Waals surface area (Å²) in [6.45, 7) is 5.20. The lowest BCUT2D eigenvalue weighted by Gasteiger charge is -2.36. The lowest BCUT2D eigenvalue weighted by molar-refractivity contribution is 0.146. The second-order valence-electron chi connectivity index (χ2n) is 5.70. The Morgan fingerprint density at radius 2 is 2.07 bits per heavy atom. The van der Waals surface area contributed by atoms with Gasteiger partial charge in [-0.1, -0.05) is 13.8 Å². The first kappa shape index (κ1) is 9.16. The van der Waals surface area contributed by atoms with Gasteiger partial charge in [-0.15, -0.1) is 0 Å². The largest absolute Gasteiger partial charge is 0.215 e. The molecule has 0 aromatic carbocycles. The van der Waals surface area contributed by atoms with Crippen molar-refractivity contribution in [1.82, 2.24) is 4.72 Å². The first-order valence-corrected chi connectivity index (χ1v) is 6.93. The lowest BCUT2D eigenvalue weighted by atomic mass is 9.69. The maximum atomic E-state index is 11.8. The van der Waals surface area contributed by atoms with E-state index in [0.717, 1.165) is 12.8 Å². The summed E-state index contributed by atoms with van der Waals surface area (Å²) in [7, 11) is -2.99. The first-order chi connectivity index (χ1) is 6.40. The van der Waals surface area contributed by atoms with Crippen molar-refractivity contribution in [3.05, 3.63) is 0 Å². The van der Waals surface area contributed by atoms with Crippen LogP contribution in [0.25, 0.3) is 0 Å². The summed E-state index contributed by atoms with van der Waals surface area (Å²) in [5.41, 5.74) is 0.269. The molecular formula is C10H17NO2S. The van der Waals surface area contributed by atoms with Gasteiger partial charge in [0.2, 0.25) is 10.0 Å². The Bertz CT molecular complexity index is 387. The van der Waals surface area contributed by atoms with Crippen molar-refractivity contribution < 1.29 is 8.42 Å². The van der Waals surface area contributed by atoms with Crippen molar-refractivity contribution in [3.8, 4) is 0 Å². The second-order valence-corrected chi connectivity index (χ2v) is 7.65. The lowest BCUT2D eigenvalue weighted by Crippen LogP contribution is -2.38. The molecule has 0 amide bonds. The van der Waals surface area contributed by atoms with Gasteiger partial charge in [0, 0.05) is 12.0 Å². The highest BCUT2D eigenvalue weighted by Crippen LogP contribution is 2.68. The molecule has 3 rings (SSSR count). The Labute approximate surface area is 85.3 Å². The third kappa shape index (κ3) is 0.735. The fourth-order valence-corrected chi connectivity index (χ4v) is 6.42. The van der Waals surface area contributed by atoms with Crippen molar-refractivity contribution in [2.75, 3.05) is 6.54 Å². The van der Waals surface area contributed by atoms with Crippen LogP contribution < -0.4 is 4.72 Å². The van der Waals surface area contributed by atoms with Crippen LogP contribution in [0.2, 0.25) is 0 Å². The van der Waals surface area contributed by atoms with E-state index in [9.17, 15) is 8.42 Å². The van der Waals surface area contributed by atoms with Gasteiger partial charge in [-0.05, 0) is 30.6 Å². The predicted molar refractivity (Wildman–Crippen MR) is 54.3 cm³/mol. The van der Waals surface area contributed by atoms with Crippen molar-refractivity contribution in [1.29, 1.82) is 0 Å². The maximum absolute atomic E-state index is 11.8. The van der Waals surface area contributed by atoms with Crippen LogP contribution in [0.5, 0.6) is 0 Å². The van der Waals surface area contributed by atoms with E-state index in [2.05, 4.69) is 18.6 Å². The Kier molecular flexibility index (Phi) is 1.43. The van der Waals surface area contributed by atoms with Gasteiger partial charge in [0.05, 0.1) is 5.25 Å². The number of fused-ring (bicyclic) bond motifs is 1. The van der Waals surface area contributed by atoms with E-state index in [1.165, 1.54) is 6.42 Å². The summed E-state index contributed by atoms with van der Waals surface area (Å²) >= 11 is 0. The standard InChI is InChI=1S/C10H17NO2S/c1-9(2)7-3-4-10(9)6-11-14(12,13)8(10)5-7/h7-8,11H,3-6H2,1-2H3/t7?,8-,10?/m1/s1.